The van der Waals surface area contributed by atoms with E-state index >= 15 is 0 Å². The minimum Gasteiger partial charge on any atom is -0.508 e. The maximum absolute atomic E-state index is 12.4. The predicted molar refractivity (Wildman–Crippen MR) is 146 cm³/mol. The number of fused-ring (bicyclic) bond motifs is 5. The molecule has 38 heavy (non-hydrogen) atoms. The first-order chi connectivity index (χ1) is 18.1. The number of benzene rings is 1. The van der Waals surface area contributed by atoms with Crippen LogP contribution in [0.1, 0.15) is 77.7 Å². The summed E-state index contributed by atoms with van der Waals surface area (Å²) < 4.78 is 0. The molecule has 0 heterocycles. The molecule has 0 aromatic heterocycles. The molecule has 3 saturated carbocycles. The van der Waals surface area contributed by atoms with Crippen molar-refractivity contribution in [2.75, 3.05) is 13.2 Å². The highest BCUT2D eigenvalue weighted by molar-refractivity contribution is 5.96. The molecule has 0 spiro atoms. The van der Waals surface area contributed by atoms with Gasteiger partial charge in [-0.3, -0.25) is 9.59 Å². The number of ketones is 1. The third kappa shape index (κ3) is 4.57. The van der Waals surface area contributed by atoms with E-state index in [2.05, 4.69) is 30.4 Å². The van der Waals surface area contributed by atoms with Crippen molar-refractivity contribution in [1.82, 2.24) is 5.32 Å². The van der Waals surface area contributed by atoms with Gasteiger partial charge < -0.3 is 20.4 Å². The molecule has 1 aromatic carbocycles. The van der Waals surface area contributed by atoms with Gasteiger partial charge in [-0.2, -0.15) is 0 Å². The summed E-state index contributed by atoms with van der Waals surface area (Å²) >= 11 is 0. The molecular formula is C31H42N2O5. The number of oxime groups is 1. The molecule has 4 aliphatic rings. The van der Waals surface area contributed by atoms with E-state index in [4.69, 9.17) is 4.84 Å². The zero-order valence-corrected chi connectivity index (χ0v) is 23.0. The summed E-state index contributed by atoms with van der Waals surface area (Å²) in [6, 6.07) is 6.96. The molecular weight excluding hydrogens is 480 g/mol. The fourth-order valence-electron chi connectivity index (χ4n) is 8.47. The number of phenolic OH excluding ortho intramolecular Hbond substituents is 1. The molecule has 0 bridgehead atoms. The number of allylic oxidation sites excluding steroid dienone is 2. The van der Waals surface area contributed by atoms with E-state index in [0.29, 0.717) is 37.1 Å². The molecule has 0 unspecified atom stereocenters. The number of nitrogens with one attached hydrogen (secondary N) is 1. The second kappa shape index (κ2) is 10.1. The van der Waals surface area contributed by atoms with Gasteiger partial charge in [0.2, 0.25) is 0 Å². The van der Waals surface area contributed by atoms with E-state index in [9.17, 15) is 19.8 Å². The fraction of sp³-hybridized carbons (Fsp3) is 0.645. The number of carbonyl (C=O) groups excluding carboxylic acids is 2. The lowest BCUT2D eigenvalue weighted by Crippen LogP contribution is -2.57. The van der Waals surface area contributed by atoms with E-state index in [1.165, 1.54) is 5.57 Å². The maximum atomic E-state index is 12.4. The van der Waals surface area contributed by atoms with Gasteiger partial charge in [-0.05, 0) is 112 Å². The smallest absolute Gasteiger partial charge is 0.260 e. The largest absolute Gasteiger partial charge is 0.508 e. The second-order valence-electron chi connectivity index (χ2n) is 12.5. The summed E-state index contributed by atoms with van der Waals surface area (Å²) in [7, 11) is 0. The van der Waals surface area contributed by atoms with Crippen molar-refractivity contribution in [3.8, 4) is 5.75 Å². The average molecular weight is 523 g/mol. The van der Waals surface area contributed by atoms with E-state index in [1.54, 1.807) is 19.1 Å². The molecule has 4 aliphatic carbocycles. The highest BCUT2D eigenvalue weighted by Gasteiger charge is 2.65. The van der Waals surface area contributed by atoms with Gasteiger partial charge in [-0.1, -0.05) is 36.7 Å². The van der Waals surface area contributed by atoms with Gasteiger partial charge in [0.25, 0.3) is 5.91 Å². The Balaban J connectivity index is 1.16. The van der Waals surface area contributed by atoms with Crippen LogP contribution in [0.2, 0.25) is 0 Å². The Hall–Kier alpha value is -2.67. The Labute approximate surface area is 225 Å². The molecule has 3 N–H and O–H groups in total. The zero-order chi connectivity index (χ0) is 27.1. The normalized spacial score (nSPS) is 37.0. The van der Waals surface area contributed by atoms with Crippen molar-refractivity contribution < 1.29 is 24.6 Å². The van der Waals surface area contributed by atoms with Crippen LogP contribution in [0.4, 0.5) is 0 Å². The predicted octanol–water partition coefficient (Wildman–Crippen LogP) is 4.71. The number of nitrogens with zero attached hydrogens (tertiary/aromatic N) is 1. The van der Waals surface area contributed by atoms with E-state index in [-0.39, 0.29) is 34.9 Å². The molecule has 0 aliphatic heterocycles. The highest BCUT2D eigenvalue weighted by Crippen LogP contribution is 2.67. The number of carbonyl (C=O) groups is 2. The Kier molecular flexibility index (Phi) is 7.18. The van der Waals surface area contributed by atoms with Crippen molar-refractivity contribution in [2.24, 2.45) is 33.7 Å². The molecule has 0 saturated heterocycles. The number of hydrogen-bond acceptors (Lipinski definition) is 6. The molecule has 5 rings (SSSR count). The summed E-state index contributed by atoms with van der Waals surface area (Å²) in [6.07, 6.45) is 10.3. The van der Waals surface area contributed by atoms with Crippen LogP contribution in [0.15, 0.2) is 41.1 Å². The van der Waals surface area contributed by atoms with Gasteiger partial charge >= 0.3 is 0 Å². The van der Waals surface area contributed by atoms with Crippen LogP contribution in [0.3, 0.4) is 0 Å². The molecule has 3 fully saturated rings. The van der Waals surface area contributed by atoms with Gasteiger partial charge in [-0.15, -0.1) is 0 Å². The minimum absolute atomic E-state index is 0.0619. The first-order valence-electron chi connectivity index (χ1n) is 14.2. The Morgan fingerprint density at radius 2 is 1.79 bits per heavy atom. The third-order valence-corrected chi connectivity index (χ3v) is 10.8. The lowest BCUT2D eigenvalue weighted by atomic mass is 9.46. The topological polar surface area (TPSA) is 108 Å². The Bertz CT molecular complexity index is 1140. The number of Topliss-reactive ketones (excluding diaryl/α,β-unsaturated/α-hetero) is 1. The number of amides is 1. The third-order valence-electron chi connectivity index (χ3n) is 10.8. The molecule has 7 heteroatoms. The number of aliphatic hydroxyl groups is 1. The second-order valence-corrected chi connectivity index (χ2v) is 12.5. The van der Waals surface area contributed by atoms with Crippen molar-refractivity contribution >= 4 is 17.4 Å². The number of hydrogen-bond donors (Lipinski definition) is 3. The van der Waals surface area contributed by atoms with Crippen molar-refractivity contribution in [3.63, 3.8) is 0 Å². The van der Waals surface area contributed by atoms with E-state index in [0.717, 1.165) is 56.2 Å². The van der Waals surface area contributed by atoms with Crippen molar-refractivity contribution in [1.29, 1.82) is 0 Å². The SMILES string of the molecule is CC(=O)[C@]1(O)CC[C@@H]2[C@H]3CCC4=C/C(=N/OCC(=O)NCCc5ccc(O)cc5)CC[C@@]4(C)[C@@H]3CC[C@@]21C. The molecule has 7 nitrogen and oxygen atoms in total. The Morgan fingerprint density at radius 3 is 2.53 bits per heavy atom. The van der Waals surface area contributed by atoms with Gasteiger partial charge in [0.1, 0.15) is 11.4 Å². The first-order valence-corrected chi connectivity index (χ1v) is 14.2. The van der Waals surface area contributed by atoms with Crippen LogP contribution in [0.5, 0.6) is 5.75 Å². The lowest BCUT2D eigenvalue weighted by molar-refractivity contribution is -0.159. The number of phenols is 1. The van der Waals surface area contributed by atoms with Crippen LogP contribution in [-0.2, 0) is 20.8 Å². The standard InChI is InChI=1S/C31H42N2O5/c1-20(34)31(37)16-12-27-25-9-6-22-18-23(10-14-29(22,2)26(25)11-15-30(27,31)3)33-38-19-28(36)32-17-13-21-4-7-24(35)8-5-21/h4-5,7-8,18,25-27,35,37H,6,9-17,19H2,1-3H3,(H,32,36)/b33-23+/t25-,26+,27+,29+,30-,31+/m0/s1. The fourth-order valence-corrected chi connectivity index (χ4v) is 8.47. The monoisotopic (exact) mass is 522 g/mol. The molecule has 6 atom stereocenters. The summed E-state index contributed by atoms with van der Waals surface area (Å²) in [5.74, 6) is 1.48. The van der Waals surface area contributed by atoms with Crippen LogP contribution >= 0.6 is 0 Å². The van der Waals surface area contributed by atoms with Gasteiger partial charge in [0, 0.05) is 12.0 Å². The quantitative estimate of drug-likeness (QED) is 0.450. The van der Waals surface area contributed by atoms with Crippen LogP contribution in [0.25, 0.3) is 0 Å². The van der Waals surface area contributed by atoms with Gasteiger partial charge in [0.15, 0.2) is 12.4 Å². The maximum Gasteiger partial charge on any atom is 0.260 e. The molecule has 0 radical (unpaired) electrons. The summed E-state index contributed by atoms with van der Waals surface area (Å²) in [6.45, 7) is 6.53. The first kappa shape index (κ1) is 26.9. The van der Waals surface area contributed by atoms with Crippen LogP contribution < -0.4 is 5.32 Å². The van der Waals surface area contributed by atoms with Crippen molar-refractivity contribution in [3.05, 3.63) is 41.5 Å². The van der Waals surface area contributed by atoms with Crippen LogP contribution in [0, 0.1) is 28.6 Å². The summed E-state index contributed by atoms with van der Waals surface area (Å²) in [4.78, 5) is 30.0. The number of aromatic hydroxyl groups is 1. The van der Waals surface area contributed by atoms with Crippen LogP contribution in [-0.4, -0.2) is 46.4 Å². The van der Waals surface area contributed by atoms with E-state index < -0.39 is 5.60 Å². The molecule has 206 valence electrons. The van der Waals surface area contributed by atoms with Gasteiger partial charge in [-0.25, -0.2) is 0 Å². The summed E-state index contributed by atoms with van der Waals surface area (Å²) in [5.41, 5.74) is 2.03. The summed E-state index contributed by atoms with van der Waals surface area (Å²) in [5, 5.41) is 27.9. The van der Waals surface area contributed by atoms with Gasteiger partial charge in [0.05, 0.1) is 5.71 Å². The zero-order valence-electron chi connectivity index (χ0n) is 23.0. The Morgan fingerprint density at radius 1 is 1.05 bits per heavy atom. The highest BCUT2D eigenvalue weighted by atomic mass is 16.6. The van der Waals surface area contributed by atoms with Crippen molar-refractivity contribution in [2.45, 2.75) is 84.2 Å². The minimum atomic E-state index is -1.17. The lowest BCUT2D eigenvalue weighted by Gasteiger charge is -2.59. The molecule has 1 amide bonds. The average Bonchev–Trinajstić information content (AvgIpc) is 3.17. The van der Waals surface area contributed by atoms with E-state index in [1.807, 2.05) is 12.1 Å². The number of rotatable bonds is 7. The molecule has 1 aromatic rings.